The molecule has 1 aliphatic heterocycles. The monoisotopic (exact) mass is 619 g/mol. The third-order valence-electron chi connectivity index (χ3n) is 7.23. The van der Waals surface area contributed by atoms with Crippen LogP contribution >= 0.6 is 0 Å². The number of anilines is 2. The summed E-state index contributed by atoms with van der Waals surface area (Å²) in [6, 6.07) is 9.45. The van der Waals surface area contributed by atoms with Gasteiger partial charge >= 0.3 is 11.4 Å². The molecule has 0 saturated carbocycles. The number of carbonyl (C=O) groups is 1. The molecule has 3 aromatic heterocycles. The van der Waals surface area contributed by atoms with Gasteiger partial charge in [0, 0.05) is 43.4 Å². The Kier molecular flexibility index (Phi) is 7.44. The van der Waals surface area contributed by atoms with Crippen LogP contribution in [0.3, 0.4) is 0 Å². The first-order chi connectivity index (χ1) is 21.5. The van der Waals surface area contributed by atoms with Gasteiger partial charge in [0.15, 0.2) is 17.5 Å². The van der Waals surface area contributed by atoms with Crippen molar-refractivity contribution in [3.63, 3.8) is 0 Å². The summed E-state index contributed by atoms with van der Waals surface area (Å²) in [6.45, 7) is -0.550. The third-order valence-corrected chi connectivity index (χ3v) is 7.23. The number of aromatic nitrogens is 5. The van der Waals surface area contributed by atoms with Crippen molar-refractivity contribution in [2.45, 2.75) is 19.5 Å². The summed E-state index contributed by atoms with van der Waals surface area (Å²) in [7, 11) is 3.14. The van der Waals surface area contributed by atoms with Gasteiger partial charge in [0.25, 0.3) is 11.5 Å². The van der Waals surface area contributed by atoms with Crippen LogP contribution < -0.4 is 27.0 Å². The molecule has 6 rings (SSSR count). The van der Waals surface area contributed by atoms with Crippen LogP contribution in [0.15, 0.2) is 63.0 Å². The van der Waals surface area contributed by atoms with Crippen LogP contribution in [-0.2, 0) is 19.5 Å². The van der Waals surface area contributed by atoms with Crippen molar-refractivity contribution in [2.24, 2.45) is 0 Å². The highest BCUT2D eigenvalue weighted by atomic mass is 19.2. The minimum atomic E-state index is -1.67. The maximum Gasteiger partial charge on any atom is 0.355 e. The van der Waals surface area contributed by atoms with E-state index in [0.717, 1.165) is 22.3 Å². The molecule has 45 heavy (non-hydrogen) atoms. The zero-order chi connectivity index (χ0) is 32.0. The average molecular weight is 620 g/mol. The molecule has 0 saturated heterocycles. The number of hydrogen-bond donors (Lipinski definition) is 2. The van der Waals surface area contributed by atoms with Crippen molar-refractivity contribution in [2.75, 3.05) is 26.0 Å². The Labute approximate surface area is 251 Å². The zero-order valence-corrected chi connectivity index (χ0v) is 23.9. The number of benzene rings is 2. The highest BCUT2D eigenvalue weighted by Crippen LogP contribution is 2.29. The second-order valence-corrected chi connectivity index (χ2v) is 10.6. The van der Waals surface area contributed by atoms with Crippen molar-refractivity contribution in [3.05, 3.63) is 120 Å². The van der Waals surface area contributed by atoms with Crippen LogP contribution in [0.4, 0.5) is 24.8 Å². The van der Waals surface area contributed by atoms with Gasteiger partial charge in [0.05, 0.1) is 25.3 Å². The van der Waals surface area contributed by atoms with Gasteiger partial charge in [-0.15, -0.1) is 0 Å². The maximum atomic E-state index is 14.1. The van der Waals surface area contributed by atoms with Gasteiger partial charge in [0.1, 0.15) is 11.4 Å². The molecular formula is C30H24F3N7O5. The molecule has 12 nitrogen and oxygen atoms in total. The summed E-state index contributed by atoms with van der Waals surface area (Å²) in [6.07, 6.45) is 1.95. The summed E-state index contributed by atoms with van der Waals surface area (Å²) < 4.78 is 48.9. The molecule has 0 radical (unpaired) electrons. The van der Waals surface area contributed by atoms with Gasteiger partial charge in [-0.2, -0.15) is 4.98 Å². The topological polar surface area (TPSA) is 144 Å². The number of fused-ring (bicyclic) bond motifs is 2. The second kappa shape index (κ2) is 11.4. The number of pyridine rings is 2. The molecule has 0 fully saturated rings. The Morgan fingerprint density at radius 2 is 1.78 bits per heavy atom. The maximum absolute atomic E-state index is 14.1. The number of H-pyrrole nitrogens is 1. The predicted octanol–water partition coefficient (Wildman–Crippen LogP) is 2.54. The zero-order valence-electron chi connectivity index (χ0n) is 23.9. The van der Waals surface area contributed by atoms with Crippen molar-refractivity contribution in [3.8, 4) is 5.75 Å². The van der Waals surface area contributed by atoms with Crippen LogP contribution in [0.5, 0.6) is 5.75 Å². The van der Waals surface area contributed by atoms with Crippen molar-refractivity contribution in [1.29, 1.82) is 0 Å². The molecule has 230 valence electrons. The molecule has 0 bridgehead atoms. The minimum Gasteiger partial charge on any atom is -0.493 e. The van der Waals surface area contributed by atoms with Crippen molar-refractivity contribution >= 4 is 28.6 Å². The number of halogens is 3. The summed E-state index contributed by atoms with van der Waals surface area (Å²) in [4.78, 5) is 64.5. The molecule has 1 amide bonds. The van der Waals surface area contributed by atoms with Gasteiger partial charge in [-0.1, -0.05) is 0 Å². The Balaban J connectivity index is 1.44. The number of amides is 1. The second-order valence-electron chi connectivity index (χ2n) is 10.6. The van der Waals surface area contributed by atoms with Crippen molar-refractivity contribution < 1.29 is 22.7 Å². The fraction of sp³-hybridized carbons (Fsp3) is 0.200. The van der Waals surface area contributed by atoms with Gasteiger partial charge in [-0.3, -0.25) is 14.2 Å². The lowest BCUT2D eigenvalue weighted by Gasteiger charge is -2.16. The Hall–Kier alpha value is -5.73. The molecule has 4 heterocycles. The highest BCUT2D eigenvalue weighted by molar-refractivity contribution is 5.96. The standard InChI is InChI=1S/C30H24F3N7O5/c1-38(2)27(42)18-9-17-10-19(26(41)36-25(17)34-12-18)14-40-29(43)37-28(35-20-3-4-23-16(11-20)5-6-45-23)39(30(40)44)13-15-7-21(31)24(33)22(32)8-15/h3-4,7-12H,5-6,13-14H2,1-2H3,(H,34,36,41)(H,35,37,43). The number of rotatable bonds is 7. The van der Waals surface area contributed by atoms with E-state index in [-0.39, 0.29) is 34.2 Å². The molecule has 0 aliphatic carbocycles. The quantitative estimate of drug-likeness (QED) is 0.265. The summed E-state index contributed by atoms with van der Waals surface area (Å²) >= 11 is 0. The summed E-state index contributed by atoms with van der Waals surface area (Å²) in [5.41, 5.74) is -1.02. The van der Waals surface area contributed by atoms with Crippen molar-refractivity contribution in [1.82, 2.24) is 29.0 Å². The normalized spacial score (nSPS) is 12.2. The number of ether oxygens (including phenoxy) is 1. The van der Waals surface area contributed by atoms with Crippen LogP contribution in [-0.4, -0.2) is 55.6 Å². The minimum absolute atomic E-state index is 0.0236. The van der Waals surface area contributed by atoms with E-state index in [1.165, 1.54) is 23.2 Å². The lowest BCUT2D eigenvalue weighted by molar-refractivity contribution is 0.0827. The summed E-state index contributed by atoms with van der Waals surface area (Å²) in [5, 5.41) is 3.28. The molecular weight excluding hydrogens is 595 g/mol. The fourth-order valence-corrected chi connectivity index (χ4v) is 4.98. The fourth-order valence-electron chi connectivity index (χ4n) is 4.98. The number of carbonyl (C=O) groups excluding carboxylic acids is 1. The van der Waals surface area contributed by atoms with E-state index in [1.54, 1.807) is 32.3 Å². The van der Waals surface area contributed by atoms with E-state index in [2.05, 4.69) is 20.3 Å². The number of nitrogens with zero attached hydrogens (tertiary/aromatic N) is 5. The SMILES string of the molecule is CN(C)C(=O)c1cnc2[nH]c(=O)c(Cn3c(=O)nc(Nc4ccc5c(c4)CCO5)n(Cc4cc(F)c(F)c(F)c4)c3=O)cc2c1. The Morgan fingerprint density at radius 1 is 1.02 bits per heavy atom. The van der Waals surface area contributed by atoms with Gasteiger partial charge < -0.3 is 19.9 Å². The molecule has 0 spiro atoms. The molecule has 2 aromatic carbocycles. The van der Waals surface area contributed by atoms with E-state index in [0.29, 0.717) is 34.4 Å². The molecule has 1 aliphatic rings. The van der Waals surface area contributed by atoms with E-state index in [9.17, 15) is 32.3 Å². The number of hydrogen-bond acceptors (Lipinski definition) is 8. The molecule has 2 N–H and O–H groups in total. The van der Waals surface area contributed by atoms with E-state index >= 15 is 0 Å². The first-order valence-electron chi connectivity index (χ1n) is 13.6. The Morgan fingerprint density at radius 3 is 2.51 bits per heavy atom. The third kappa shape index (κ3) is 5.67. The van der Waals surface area contributed by atoms with Crippen LogP contribution in [0, 0.1) is 17.5 Å². The highest BCUT2D eigenvalue weighted by Gasteiger charge is 2.20. The first-order valence-corrected chi connectivity index (χ1v) is 13.6. The number of aromatic amines is 1. The van der Waals surface area contributed by atoms with Gasteiger partial charge in [-0.05, 0) is 53.6 Å². The molecule has 15 heteroatoms. The predicted molar refractivity (Wildman–Crippen MR) is 157 cm³/mol. The average Bonchev–Trinajstić information content (AvgIpc) is 3.47. The van der Waals surface area contributed by atoms with E-state index in [1.807, 2.05) is 0 Å². The van der Waals surface area contributed by atoms with Gasteiger partial charge in [-0.25, -0.2) is 32.3 Å². The molecule has 0 unspecified atom stereocenters. The lowest BCUT2D eigenvalue weighted by Crippen LogP contribution is -2.43. The van der Waals surface area contributed by atoms with Gasteiger partial charge in [0.2, 0.25) is 5.95 Å². The Bertz CT molecular complexity index is 2170. The largest absolute Gasteiger partial charge is 0.493 e. The molecule has 0 atom stereocenters. The van der Waals surface area contributed by atoms with E-state index in [4.69, 9.17) is 4.74 Å². The first kappa shape index (κ1) is 29.3. The number of nitrogens with one attached hydrogen (secondary N) is 2. The van der Waals surface area contributed by atoms with Crippen LogP contribution in [0.25, 0.3) is 11.0 Å². The molecule has 5 aromatic rings. The smallest absolute Gasteiger partial charge is 0.355 e. The van der Waals surface area contributed by atoms with E-state index < -0.39 is 47.5 Å². The van der Waals surface area contributed by atoms with Crippen LogP contribution in [0.1, 0.15) is 27.0 Å². The van der Waals surface area contributed by atoms with Crippen LogP contribution in [0.2, 0.25) is 0 Å². The summed E-state index contributed by atoms with van der Waals surface area (Å²) in [5.74, 6) is -4.49. The lowest BCUT2D eigenvalue weighted by atomic mass is 10.1.